The molecule has 0 atom stereocenters. The van der Waals surface area contributed by atoms with Crippen LogP contribution in [-0.4, -0.2) is 11.0 Å². The highest BCUT2D eigenvalue weighted by molar-refractivity contribution is 7.94. The first-order valence-corrected chi connectivity index (χ1v) is 9.52. The molecule has 3 aromatic rings. The molecule has 0 aromatic heterocycles. The van der Waals surface area contributed by atoms with Gasteiger partial charge in [-0.25, -0.2) is 0 Å². The molecule has 0 aliphatic rings. The van der Waals surface area contributed by atoms with Gasteiger partial charge in [-0.2, -0.15) is 5.53 Å². The number of aromatic hydroxyl groups is 1. The Morgan fingerprint density at radius 1 is 1.10 bits per heavy atom. The second-order valence-electron chi connectivity index (χ2n) is 5.80. The van der Waals surface area contributed by atoms with Gasteiger partial charge in [-0.1, -0.05) is 41.9 Å². The quantitative estimate of drug-likeness (QED) is 0.232. The normalized spacial score (nSPS) is 10.2. The Hall–Kier alpha value is -3.23. The number of carbonyl (C=O) groups excluding carboxylic acids is 1. The molecule has 0 aliphatic heterocycles. The largest absolute Gasteiger partial charge is 0.504 e. The number of phenolic OH excluding ortho intramolecular Hbond substituents is 1. The van der Waals surface area contributed by atoms with E-state index in [1.807, 2.05) is 6.07 Å². The maximum Gasteiger partial charge on any atom is 0.228 e. The number of hydrogen-bond acceptors (Lipinski definition) is 7. The minimum atomic E-state index is -0.241. The van der Waals surface area contributed by atoms with E-state index in [1.54, 1.807) is 54.6 Å². The fraction of sp³-hybridized carbons (Fsp3) is 0.0500. The van der Waals surface area contributed by atoms with Crippen molar-refractivity contribution in [1.29, 1.82) is 5.53 Å². The molecule has 9 heteroatoms. The second kappa shape index (κ2) is 9.81. The molecule has 0 radical (unpaired) electrons. The number of hydrogen-bond donors (Lipinski definition) is 3. The number of amides is 1. The number of para-hydroxylation sites is 2. The third-order valence-corrected chi connectivity index (χ3v) is 4.80. The minimum absolute atomic E-state index is 0.0216. The van der Waals surface area contributed by atoms with Crippen LogP contribution in [0.1, 0.15) is 5.56 Å². The number of halogens is 1. The standard InChI is InChI=1S/C20H16ClN3O4S/c21-15-6-2-1-5-13(15)11-20(26)23-14-9-10-18(19(12-14)29-28-24-22)27-17-8-4-3-7-16(17)25/h1-10,12,22,25H,11H2,(H,23,26). The van der Waals surface area contributed by atoms with Crippen molar-refractivity contribution in [2.24, 2.45) is 5.28 Å². The summed E-state index contributed by atoms with van der Waals surface area (Å²) in [4.78, 5) is 12.8. The maximum absolute atomic E-state index is 12.4. The molecule has 0 heterocycles. The molecule has 3 rings (SSSR count). The zero-order valence-electron chi connectivity index (χ0n) is 15.0. The minimum Gasteiger partial charge on any atom is -0.504 e. The molecule has 0 aliphatic carbocycles. The lowest BCUT2D eigenvalue weighted by Crippen LogP contribution is -2.14. The van der Waals surface area contributed by atoms with Crippen molar-refractivity contribution in [2.45, 2.75) is 11.3 Å². The van der Waals surface area contributed by atoms with Gasteiger partial charge in [0.05, 0.1) is 11.3 Å². The van der Waals surface area contributed by atoms with Crippen molar-refractivity contribution >= 4 is 35.2 Å². The highest BCUT2D eigenvalue weighted by Crippen LogP contribution is 2.38. The molecule has 3 aromatic carbocycles. The number of rotatable bonds is 8. The van der Waals surface area contributed by atoms with E-state index in [9.17, 15) is 9.90 Å². The zero-order valence-corrected chi connectivity index (χ0v) is 16.5. The number of ether oxygens (including phenoxy) is 1. The molecule has 0 bridgehead atoms. The van der Waals surface area contributed by atoms with Gasteiger partial charge in [-0.15, -0.1) is 0 Å². The third-order valence-electron chi connectivity index (χ3n) is 3.79. The predicted molar refractivity (Wildman–Crippen MR) is 110 cm³/mol. The summed E-state index contributed by atoms with van der Waals surface area (Å²) in [6.07, 6.45) is 0.122. The van der Waals surface area contributed by atoms with Gasteiger partial charge >= 0.3 is 0 Å². The van der Waals surface area contributed by atoms with Crippen LogP contribution in [0.25, 0.3) is 0 Å². The van der Waals surface area contributed by atoms with Crippen LogP contribution in [0.4, 0.5) is 5.69 Å². The van der Waals surface area contributed by atoms with Crippen LogP contribution in [0.5, 0.6) is 17.2 Å². The first-order chi connectivity index (χ1) is 14.1. The summed E-state index contributed by atoms with van der Waals surface area (Å²) in [7, 11) is 0. The van der Waals surface area contributed by atoms with Crippen LogP contribution >= 0.6 is 23.6 Å². The Morgan fingerprint density at radius 3 is 2.62 bits per heavy atom. The predicted octanol–water partition coefficient (Wildman–Crippen LogP) is 5.99. The van der Waals surface area contributed by atoms with Crippen molar-refractivity contribution in [3.05, 3.63) is 77.3 Å². The Morgan fingerprint density at radius 2 is 1.86 bits per heavy atom. The van der Waals surface area contributed by atoms with E-state index in [4.69, 9.17) is 26.2 Å². The molecule has 3 N–H and O–H groups in total. The van der Waals surface area contributed by atoms with Gasteiger partial charge in [0.1, 0.15) is 17.8 Å². The first kappa shape index (κ1) is 20.5. The van der Waals surface area contributed by atoms with Crippen molar-refractivity contribution < 1.29 is 18.9 Å². The van der Waals surface area contributed by atoms with E-state index in [1.165, 1.54) is 6.07 Å². The molecule has 1 amide bonds. The second-order valence-corrected chi connectivity index (χ2v) is 6.96. The van der Waals surface area contributed by atoms with Crippen molar-refractivity contribution in [3.8, 4) is 17.2 Å². The summed E-state index contributed by atoms with van der Waals surface area (Å²) in [5.74, 6) is 0.359. The van der Waals surface area contributed by atoms with Crippen LogP contribution in [0.15, 0.2) is 76.9 Å². The fourth-order valence-corrected chi connectivity index (χ4v) is 3.16. The van der Waals surface area contributed by atoms with Gasteiger partial charge in [-0.3, -0.25) is 9.08 Å². The SMILES string of the molecule is N=NOSc1cc(NC(=O)Cc2ccccc2Cl)ccc1Oc1ccccc1O. The smallest absolute Gasteiger partial charge is 0.228 e. The van der Waals surface area contributed by atoms with E-state index in [0.717, 1.165) is 17.6 Å². The van der Waals surface area contributed by atoms with Gasteiger partial charge in [0.15, 0.2) is 11.5 Å². The van der Waals surface area contributed by atoms with E-state index in [-0.39, 0.29) is 23.8 Å². The highest BCUT2D eigenvalue weighted by Gasteiger charge is 2.13. The van der Waals surface area contributed by atoms with Crippen LogP contribution < -0.4 is 10.1 Å². The first-order valence-electron chi connectivity index (χ1n) is 8.40. The van der Waals surface area contributed by atoms with Crippen LogP contribution in [0.3, 0.4) is 0 Å². The Bertz CT molecular complexity index is 1030. The number of phenols is 1. The summed E-state index contributed by atoms with van der Waals surface area (Å²) in [5, 5.41) is 16.1. The van der Waals surface area contributed by atoms with Crippen LogP contribution in [0, 0.1) is 5.53 Å². The molecule has 7 nitrogen and oxygen atoms in total. The average Bonchev–Trinajstić information content (AvgIpc) is 2.71. The van der Waals surface area contributed by atoms with Crippen LogP contribution in [0.2, 0.25) is 5.02 Å². The zero-order chi connectivity index (χ0) is 20.6. The number of benzene rings is 3. The topological polar surface area (TPSA) is 104 Å². The lowest BCUT2D eigenvalue weighted by atomic mass is 10.1. The summed E-state index contributed by atoms with van der Waals surface area (Å²) in [6, 6.07) is 18.5. The third kappa shape index (κ3) is 5.63. The molecule has 0 unspecified atom stereocenters. The van der Waals surface area contributed by atoms with E-state index >= 15 is 0 Å². The van der Waals surface area contributed by atoms with Gasteiger partial charge in [0, 0.05) is 16.0 Å². The van der Waals surface area contributed by atoms with Gasteiger partial charge in [-0.05, 0) is 42.0 Å². The molecule has 0 spiro atoms. The lowest BCUT2D eigenvalue weighted by Gasteiger charge is -2.13. The average molecular weight is 430 g/mol. The monoisotopic (exact) mass is 429 g/mol. The summed E-state index contributed by atoms with van der Waals surface area (Å²) >= 11 is 6.89. The molecular weight excluding hydrogens is 414 g/mol. The number of anilines is 1. The Labute approximate surface area is 176 Å². The molecule has 0 fully saturated rings. The molecule has 148 valence electrons. The van der Waals surface area contributed by atoms with Crippen molar-refractivity contribution in [2.75, 3.05) is 5.32 Å². The number of nitrogens with one attached hydrogen (secondary N) is 2. The Kier molecular flexibility index (Phi) is 6.94. The molecule has 29 heavy (non-hydrogen) atoms. The number of nitrogens with zero attached hydrogens (tertiary/aromatic N) is 1. The van der Waals surface area contributed by atoms with Gasteiger partial charge < -0.3 is 15.2 Å². The van der Waals surface area contributed by atoms with Crippen molar-refractivity contribution in [1.82, 2.24) is 0 Å². The fourth-order valence-electron chi connectivity index (χ4n) is 2.48. The van der Waals surface area contributed by atoms with E-state index in [2.05, 4.69) is 10.6 Å². The Balaban J connectivity index is 1.77. The van der Waals surface area contributed by atoms with Gasteiger partial charge in [0.25, 0.3) is 0 Å². The number of carbonyl (C=O) groups is 1. The summed E-state index contributed by atoms with van der Waals surface area (Å²) in [5.41, 5.74) is 8.03. The van der Waals surface area contributed by atoms with Gasteiger partial charge in [0.2, 0.25) is 5.91 Å². The maximum atomic E-state index is 12.4. The molecule has 0 saturated carbocycles. The summed E-state index contributed by atoms with van der Waals surface area (Å²) < 4.78 is 10.5. The van der Waals surface area contributed by atoms with Crippen molar-refractivity contribution in [3.63, 3.8) is 0 Å². The summed E-state index contributed by atoms with van der Waals surface area (Å²) in [6.45, 7) is 0. The van der Waals surface area contributed by atoms with E-state index in [0.29, 0.717) is 21.4 Å². The molecular formula is C20H16ClN3O4S. The molecule has 0 saturated heterocycles. The lowest BCUT2D eigenvalue weighted by molar-refractivity contribution is -0.115. The van der Waals surface area contributed by atoms with E-state index < -0.39 is 0 Å². The van der Waals surface area contributed by atoms with Crippen LogP contribution in [-0.2, 0) is 15.5 Å². The highest BCUT2D eigenvalue weighted by atomic mass is 35.5.